The molecule has 2 aliphatic rings. The van der Waals surface area contributed by atoms with Crippen molar-refractivity contribution in [3.8, 4) is 77.9 Å². The summed E-state index contributed by atoms with van der Waals surface area (Å²) >= 11 is 0. The van der Waals surface area contributed by atoms with E-state index in [1.165, 1.54) is 176 Å². The molecular weight excluding hydrogens is 1200 g/mol. The molecule has 0 N–H and O–H groups in total. The quantitative estimate of drug-likeness (QED) is 0.135. The molecule has 18 aromatic carbocycles. The molecule has 0 fully saturated rings. The first-order valence-electron chi connectivity index (χ1n) is 34.8. The molecule has 18 aromatic rings. The largest absolute Gasteiger partial charge is 0.0713 e. The Kier molecular flexibility index (Phi) is 14.1. The summed E-state index contributed by atoms with van der Waals surface area (Å²) in [6.45, 7) is 0. The SMILES string of the molecule is c1ccc(C2(c3ccccc3)c3cc(-c4ccc5ccccc5c4)ccc3-c3ccc(-c4ccc5cc(-c6ccc7ccccc7c6)ccc5c4)cc32)cc1.c1ccc(C2(c3ccccc3)c3ccccc3-c3ccc(-c4ccc5cc(-c6ccc7ccccc7c6)ccc5c4)cc32)cc1. The Morgan fingerprint density at radius 1 is 0.120 bits per heavy atom. The highest BCUT2D eigenvalue weighted by Crippen LogP contribution is 2.59. The first-order valence-corrected chi connectivity index (χ1v) is 34.8. The molecule has 0 aromatic heterocycles. The van der Waals surface area contributed by atoms with Gasteiger partial charge in [0, 0.05) is 0 Å². The van der Waals surface area contributed by atoms with E-state index in [4.69, 9.17) is 0 Å². The molecule has 0 heteroatoms. The van der Waals surface area contributed by atoms with Gasteiger partial charge in [0.1, 0.15) is 0 Å². The summed E-state index contributed by atoms with van der Waals surface area (Å²) in [5.41, 5.74) is 27.1. The van der Waals surface area contributed by atoms with Crippen molar-refractivity contribution in [3.05, 3.63) is 445 Å². The zero-order valence-electron chi connectivity index (χ0n) is 55.1. The van der Waals surface area contributed by atoms with E-state index in [1.54, 1.807) is 0 Å². The third-order valence-corrected chi connectivity index (χ3v) is 21.6. The minimum absolute atomic E-state index is 0.393. The van der Waals surface area contributed by atoms with Gasteiger partial charge in [-0.3, -0.25) is 0 Å². The molecule has 0 aliphatic heterocycles. The monoisotopic (exact) mass is 1270 g/mol. The second-order valence-electron chi connectivity index (χ2n) is 27.0. The van der Waals surface area contributed by atoms with Gasteiger partial charge >= 0.3 is 0 Å². The molecule has 20 rings (SSSR count). The second-order valence-corrected chi connectivity index (χ2v) is 27.0. The molecule has 0 heterocycles. The lowest BCUT2D eigenvalue weighted by atomic mass is 9.67. The van der Waals surface area contributed by atoms with Crippen LogP contribution in [0.3, 0.4) is 0 Å². The summed E-state index contributed by atoms with van der Waals surface area (Å²) in [5, 5.41) is 12.6. The van der Waals surface area contributed by atoms with Crippen LogP contribution in [0.2, 0.25) is 0 Å². The van der Waals surface area contributed by atoms with E-state index in [9.17, 15) is 0 Å². The van der Waals surface area contributed by atoms with Crippen LogP contribution >= 0.6 is 0 Å². The lowest BCUT2D eigenvalue weighted by Crippen LogP contribution is -2.28. The predicted octanol–water partition coefficient (Wildman–Crippen LogP) is 26.2. The van der Waals surface area contributed by atoms with Crippen molar-refractivity contribution in [1.82, 2.24) is 0 Å². The average Bonchev–Trinajstić information content (AvgIpc) is 1.49. The number of benzene rings is 18. The molecule has 0 unspecified atom stereocenters. The molecule has 0 bridgehead atoms. The maximum atomic E-state index is 2.47. The summed E-state index contributed by atoms with van der Waals surface area (Å²) < 4.78 is 0. The molecular formula is C100H66. The van der Waals surface area contributed by atoms with E-state index >= 15 is 0 Å². The molecule has 466 valence electrons. The lowest BCUT2D eigenvalue weighted by Gasteiger charge is -2.34. The van der Waals surface area contributed by atoms with Gasteiger partial charge in [-0.25, -0.2) is 0 Å². The zero-order valence-corrected chi connectivity index (χ0v) is 55.1. The van der Waals surface area contributed by atoms with Crippen LogP contribution in [0.5, 0.6) is 0 Å². The third kappa shape index (κ3) is 9.74. The number of rotatable bonds is 9. The normalized spacial score (nSPS) is 13.0. The summed E-state index contributed by atoms with van der Waals surface area (Å²) in [7, 11) is 0. The van der Waals surface area contributed by atoms with Crippen LogP contribution in [0.1, 0.15) is 44.5 Å². The first kappa shape index (κ1) is 58.6. The van der Waals surface area contributed by atoms with Crippen molar-refractivity contribution >= 4 is 53.9 Å². The van der Waals surface area contributed by atoms with Crippen LogP contribution < -0.4 is 0 Å². The van der Waals surface area contributed by atoms with Crippen LogP contribution in [0.25, 0.3) is 132 Å². The maximum absolute atomic E-state index is 2.47. The van der Waals surface area contributed by atoms with E-state index in [2.05, 4.69) is 400 Å². The fourth-order valence-corrected chi connectivity index (χ4v) is 16.8. The fraction of sp³-hybridized carbons (Fsp3) is 0.0200. The van der Waals surface area contributed by atoms with Crippen LogP contribution in [0.15, 0.2) is 400 Å². The molecule has 0 radical (unpaired) electrons. The van der Waals surface area contributed by atoms with Gasteiger partial charge in [0.15, 0.2) is 0 Å². The summed E-state index contributed by atoms with van der Waals surface area (Å²) in [6, 6.07) is 148. The Balaban J connectivity index is 0.000000142. The van der Waals surface area contributed by atoms with E-state index in [1.807, 2.05) is 0 Å². The summed E-state index contributed by atoms with van der Waals surface area (Å²) in [6.07, 6.45) is 0. The predicted molar refractivity (Wildman–Crippen MR) is 422 cm³/mol. The fourth-order valence-electron chi connectivity index (χ4n) is 16.8. The maximum Gasteiger partial charge on any atom is 0.0713 e. The molecule has 0 saturated heterocycles. The van der Waals surface area contributed by atoms with Crippen LogP contribution in [0, 0.1) is 0 Å². The average molecular weight is 1270 g/mol. The minimum atomic E-state index is -0.498. The number of hydrogen-bond donors (Lipinski definition) is 0. The van der Waals surface area contributed by atoms with E-state index in [0.717, 1.165) is 0 Å². The molecule has 0 spiro atoms. The summed E-state index contributed by atoms with van der Waals surface area (Å²) in [4.78, 5) is 0. The van der Waals surface area contributed by atoms with Crippen molar-refractivity contribution in [2.45, 2.75) is 10.8 Å². The van der Waals surface area contributed by atoms with Crippen molar-refractivity contribution in [1.29, 1.82) is 0 Å². The highest BCUT2D eigenvalue weighted by atomic mass is 14.5. The number of hydrogen-bond acceptors (Lipinski definition) is 0. The van der Waals surface area contributed by atoms with Crippen molar-refractivity contribution in [2.24, 2.45) is 0 Å². The molecule has 0 atom stereocenters. The van der Waals surface area contributed by atoms with Gasteiger partial charge in [0.25, 0.3) is 0 Å². The third-order valence-electron chi connectivity index (χ3n) is 21.6. The van der Waals surface area contributed by atoms with Crippen LogP contribution in [-0.4, -0.2) is 0 Å². The van der Waals surface area contributed by atoms with Gasteiger partial charge < -0.3 is 0 Å². The van der Waals surface area contributed by atoms with Crippen molar-refractivity contribution in [3.63, 3.8) is 0 Å². The van der Waals surface area contributed by atoms with E-state index < -0.39 is 10.8 Å². The second kappa shape index (κ2) is 24.1. The molecule has 100 heavy (non-hydrogen) atoms. The Bertz CT molecular complexity index is 6120. The number of fused-ring (bicyclic) bond motifs is 11. The molecule has 0 nitrogen and oxygen atoms in total. The first-order chi connectivity index (χ1) is 49.5. The van der Waals surface area contributed by atoms with Crippen molar-refractivity contribution < 1.29 is 0 Å². The van der Waals surface area contributed by atoms with E-state index in [-0.39, 0.29) is 0 Å². The van der Waals surface area contributed by atoms with Crippen LogP contribution in [-0.2, 0) is 10.8 Å². The Morgan fingerprint density at radius 3 is 0.600 bits per heavy atom. The van der Waals surface area contributed by atoms with Gasteiger partial charge in [0.2, 0.25) is 0 Å². The van der Waals surface area contributed by atoms with Gasteiger partial charge in [-0.1, -0.05) is 340 Å². The Morgan fingerprint density at radius 2 is 0.310 bits per heavy atom. The molecule has 0 amide bonds. The zero-order chi connectivity index (χ0) is 66.1. The smallest absolute Gasteiger partial charge is 0.0622 e. The Labute approximate surface area is 583 Å². The van der Waals surface area contributed by atoms with Gasteiger partial charge in [0.05, 0.1) is 10.8 Å². The highest BCUT2D eigenvalue weighted by molar-refractivity contribution is 5.98. The standard InChI is InChI=1S/C55H36.C45H30/c1-3-15-49(16-4-1)55(50-17-5-2-6-18-50)53-35-47(45-22-20-38-12-8-10-14-40(38)32-45)27-29-51(53)52-30-28-48(36-54(52)55)46-26-25-43-33-42(23-24-44(43)34-46)41-21-19-37-11-7-9-13-39(37)31-41;1-3-13-39(14-4-1)45(40-15-5-2-6-16-40)43-18-10-9-17-41(43)42-26-25-38(30-44(42)45)37-24-23-35-28-34(21-22-36(35)29-37)33-20-19-31-11-7-8-12-32(31)27-33/h1-36H;1-30H. The minimum Gasteiger partial charge on any atom is -0.0622 e. The topological polar surface area (TPSA) is 0 Å². The van der Waals surface area contributed by atoms with Gasteiger partial charge in [-0.05, 0) is 237 Å². The summed E-state index contributed by atoms with van der Waals surface area (Å²) in [5.74, 6) is 0. The van der Waals surface area contributed by atoms with Crippen molar-refractivity contribution in [2.75, 3.05) is 0 Å². The van der Waals surface area contributed by atoms with E-state index in [0.29, 0.717) is 0 Å². The van der Waals surface area contributed by atoms with Gasteiger partial charge in [-0.2, -0.15) is 0 Å². The molecule has 2 aliphatic carbocycles. The molecule has 0 saturated carbocycles. The highest BCUT2D eigenvalue weighted by Gasteiger charge is 2.48. The van der Waals surface area contributed by atoms with Gasteiger partial charge in [-0.15, -0.1) is 0 Å². The lowest BCUT2D eigenvalue weighted by molar-refractivity contribution is 0.769. The van der Waals surface area contributed by atoms with Crippen LogP contribution in [0.4, 0.5) is 0 Å². The Hall–Kier alpha value is -12.7.